The van der Waals surface area contributed by atoms with Crippen LogP contribution >= 0.6 is 11.8 Å². The molecule has 0 amide bonds. The molecule has 2 N–H and O–H groups in total. The first-order chi connectivity index (χ1) is 6.34. The number of thioether (sulfide) groups is 1. The van der Waals surface area contributed by atoms with Crippen LogP contribution in [-0.2, 0) is 6.42 Å². The zero-order chi connectivity index (χ0) is 9.10. The summed E-state index contributed by atoms with van der Waals surface area (Å²) in [5.41, 5.74) is 5.34. The molecule has 2 heterocycles. The smallest absolute Gasteiger partial charge is 0.318 e. The molecule has 0 radical (unpaired) electrons. The van der Waals surface area contributed by atoms with Crippen LogP contribution in [0.4, 0.5) is 6.01 Å². The predicted octanol–water partition coefficient (Wildman–Crippen LogP) is 1.48. The Morgan fingerprint density at radius 2 is 2.46 bits per heavy atom. The molecular weight excluding hydrogens is 186 g/mol. The lowest BCUT2D eigenvalue weighted by Gasteiger charge is -2.19. The van der Waals surface area contributed by atoms with E-state index in [9.17, 15) is 0 Å². The van der Waals surface area contributed by atoms with Crippen LogP contribution < -0.4 is 5.73 Å². The average molecular weight is 199 g/mol. The standard InChI is InChI=1S/C8H13N3OS/c9-8-10-7(11-12-8)5-6-3-1-2-4-13-6/h6H,1-5H2,(H2,9,10,11). The summed E-state index contributed by atoms with van der Waals surface area (Å²) < 4.78 is 4.71. The molecular formula is C8H13N3OS. The number of rotatable bonds is 2. The van der Waals surface area contributed by atoms with Crippen LogP contribution in [0.25, 0.3) is 0 Å². The molecule has 1 atom stereocenters. The molecule has 1 aliphatic rings. The highest BCUT2D eigenvalue weighted by molar-refractivity contribution is 7.99. The van der Waals surface area contributed by atoms with E-state index in [-0.39, 0.29) is 6.01 Å². The van der Waals surface area contributed by atoms with Crippen molar-refractivity contribution in [3.63, 3.8) is 0 Å². The number of hydrogen-bond donors (Lipinski definition) is 1. The normalized spacial score (nSPS) is 23.2. The summed E-state index contributed by atoms with van der Waals surface area (Å²) >= 11 is 2.00. The van der Waals surface area contributed by atoms with E-state index in [1.165, 1.54) is 25.0 Å². The Labute approximate surface area is 81.3 Å². The van der Waals surface area contributed by atoms with Gasteiger partial charge in [0.2, 0.25) is 0 Å². The van der Waals surface area contributed by atoms with Crippen LogP contribution in [0.5, 0.6) is 0 Å². The van der Waals surface area contributed by atoms with Crippen molar-refractivity contribution in [3.05, 3.63) is 5.82 Å². The molecule has 1 aliphatic heterocycles. The van der Waals surface area contributed by atoms with Gasteiger partial charge in [-0.1, -0.05) is 11.6 Å². The third-order valence-electron chi connectivity index (χ3n) is 2.17. The zero-order valence-corrected chi connectivity index (χ0v) is 8.22. The lowest BCUT2D eigenvalue weighted by molar-refractivity contribution is 0.425. The Morgan fingerprint density at radius 3 is 3.08 bits per heavy atom. The fraction of sp³-hybridized carbons (Fsp3) is 0.750. The second kappa shape index (κ2) is 4.00. The molecule has 4 nitrogen and oxygen atoms in total. The number of hydrogen-bond acceptors (Lipinski definition) is 5. The molecule has 0 spiro atoms. The molecule has 1 unspecified atom stereocenters. The maximum atomic E-state index is 5.34. The third-order valence-corrected chi connectivity index (χ3v) is 3.57. The maximum absolute atomic E-state index is 5.34. The molecule has 0 aromatic carbocycles. The number of aromatic nitrogens is 2. The van der Waals surface area contributed by atoms with E-state index in [4.69, 9.17) is 10.3 Å². The van der Waals surface area contributed by atoms with Crippen LogP contribution in [0.2, 0.25) is 0 Å². The van der Waals surface area contributed by atoms with Gasteiger partial charge in [0, 0.05) is 11.7 Å². The van der Waals surface area contributed by atoms with E-state index in [2.05, 4.69) is 10.1 Å². The highest BCUT2D eigenvalue weighted by Gasteiger charge is 2.16. The Kier molecular flexibility index (Phi) is 2.73. The molecule has 0 aliphatic carbocycles. The van der Waals surface area contributed by atoms with Crippen molar-refractivity contribution >= 4 is 17.8 Å². The highest BCUT2D eigenvalue weighted by atomic mass is 32.2. The van der Waals surface area contributed by atoms with Crippen LogP contribution in [0.3, 0.4) is 0 Å². The molecule has 1 fully saturated rings. The van der Waals surface area contributed by atoms with Gasteiger partial charge in [-0.15, -0.1) is 0 Å². The molecule has 0 bridgehead atoms. The van der Waals surface area contributed by atoms with Gasteiger partial charge in [-0.2, -0.15) is 16.7 Å². The Bertz CT molecular complexity index is 270. The van der Waals surface area contributed by atoms with E-state index in [0.717, 1.165) is 12.2 Å². The third kappa shape index (κ3) is 2.37. The number of nitrogen functional groups attached to an aromatic ring is 1. The average Bonchev–Trinajstić information content (AvgIpc) is 2.53. The Hall–Kier alpha value is -0.710. The molecule has 1 aromatic rings. The van der Waals surface area contributed by atoms with Gasteiger partial charge < -0.3 is 10.3 Å². The highest BCUT2D eigenvalue weighted by Crippen LogP contribution is 2.27. The molecule has 13 heavy (non-hydrogen) atoms. The van der Waals surface area contributed by atoms with Crippen molar-refractivity contribution in [3.8, 4) is 0 Å². The summed E-state index contributed by atoms with van der Waals surface area (Å²) in [4.78, 5) is 3.99. The molecule has 1 aromatic heterocycles. The van der Waals surface area contributed by atoms with Gasteiger partial charge in [-0.3, -0.25) is 0 Å². The quantitative estimate of drug-likeness (QED) is 0.781. The molecule has 1 saturated heterocycles. The first-order valence-electron chi connectivity index (χ1n) is 4.54. The maximum Gasteiger partial charge on any atom is 0.318 e. The van der Waals surface area contributed by atoms with Crippen molar-refractivity contribution < 1.29 is 4.52 Å². The SMILES string of the molecule is Nc1nc(CC2CCCCS2)no1. The molecule has 0 saturated carbocycles. The van der Waals surface area contributed by atoms with E-state index in [1.807, 2.05) is 11.8 Å². The fourth-order valence-electron chi connectivity index (χ4n) is 1.52. The monoisotopic (exact) mass is 199 g/mol. The summed E-state index contributed by atoms with van der Waals surface area (Å²) in [6, 6.07) is 0.177. The molecule has 5 heteroatoms. The predicted molar refractivity (Wildman–Crippen MR) is 52.5 cm³/mol. The van der Waals surface area contributed by atoms with Gasteiger partial charge in [-0.05, 0) is 18.6 Å². The number of anilines is 1. The van der Waals surface area contributed by atoms with Gasteiger partial charge in [-0.25, -0.2) is 0 Å². The van der Waals surface area contributed by atoms with E-state index in [1.54, 1.807) is 0 Å². The van der Waals surface area contributed by atoms with Crippen molar-refractivity contribution in [1.29, 1.82) is 0 Å². The first-order valence-corrected chi connectivity index (χ1v) is 5.59. The van der Waals surface area contributed by atoms with Crippen molar-refractivity contribution in [2.75, 3.05) is 11.5 Å². The van der Waals surface area contributed by atoms with Gasteiger partial charge in [0.05, 0.1) is 0 Å². The van der Waals surface area contributed by atoms with Crippen LogP contribution in [-0.4, -0.2) is 21.1 Å². The Morgan fingerprint density at radius 1 is 1.54 bits per heavy atom. The Balaban J connectivity index is 1.89. The van der Waals surface area contributed by atoms with Crippen LogP contribution in [0.15, 0.2) is 4.52 Å². The summed E-state index contributed by atoms with van der Waals surface area (Å²) in [6.07, 6.45) is 4.82. The largest absolute Gasteiger partial charge is 0.351 e. The summed E-state index contributed by atoms with van der Waals surface area (Å²) in [7, 11) is 0. The minimum absolute atomic E-state index is 0.177. The summed E-state index contributed by atoms with van der Waals surface area (Å²) in [5, 5.41) is 4.44. The topological polar surface area (TPSA) is 64.9 Å². The lowest BCUT2D eigenvalue weighted by Crippen LogP contribution is -2.13. The molecule has 2 rings (SSSR count). The van der Waals surface area contributed by atoms with Gasteiger partial charge in [0.25, 0.3) is 0 Å². The minimum atomic E-state index is 0.177. The van der Waals surface area contributed by atoms with Gasteiger partial charge >= 0.3 is 6.01 Å². The first kappa shape index (κ1) is 8.87. The van der Waals surface area contributed by atoms with Gasteiger partial charge in [0.1, 0.15) is 0 Å². The fourth-order valence-corrected chi connectivity index (χ4v) is 2.83. The van der Waals surface area contributed by atoms with Crippen molar-refractivity contribution in [2.45, 2.75) is 30.9 Å². The second-order valence-electron chi connectivity index (χ2n) is 3.24. The number of nitrogens with two attached hydrogens (primary N) is 1. The summed E-state index contributed by atoms with van der Waals surface area (Å²) in [5.74, 6) is 2.01. The minimum Gasteiger partial charge on any atom is -0.351 e. The van der Waals surface area contributed by atoms with Crippen molar-refractivity contribution in [1.82, 2.24) is 10.1 Å². The molecule has 72 valence electrons. The van der Waals surface area contributed by atoms with Crippen LogP contribution in [0, 0.1) is 0 Å². The van der Waals surface area contributed by atoms with E-state index in [0.29, 0.717) is 5.25 Å². The van der Waals surface area contributed by atoms with Crippen molar-refractivity contribution in [2.24, 2.45) is 0 Å². The lowest BCUT2D eigenvalue weighted by atomic mass is 10.1. The second-order valence-corrected chi connectivity index (χ2v) is 4.65. The van der Waals surface area contributed by atoms with Gasteiger partial charge in [0.15, 0.2) is 5.82 Å². The van der Waals surface area contributed by atoms with Crippen LogP contribution in [0.1, 0.15) is 25.1 Å². The van der Waals surface area contributed by atoms with E-state index < -0.39 is 0 Å². The summed E-state index contributed by atoms with van der Waals surface area (Å²) in [6.45, 7) is 0. The zero-order valence-electron chi connectivity index (χ0n) is 7.40. The van der Waals surface area contributed by atoms with E-state index >= 15 is 0 Å². The number of nitrogens with zero attached hydrogens (tertiary/aromatic N) is 2.